The molecule has 22 heavy (non-hydrogen) atoms. The predicted octanol–water partition coefficient (Wildman–Crippen LogP) is 3.51. The Bertz CT molecular complexity index is 795. The summed E-state index contributed by atoms with van der Waals surface area (Å²) in [7, 11) is 0. The second-order valence-electron chi connectivity index (χ2n) is 5.54. The Balaban J connectivity index is 1.84. The van der Waals surface area contributed by atoms with Crippen LogP contribution in [0.2, 0.25) is 0 Å². The zero-order valence-corrected chi connectivity index (χ0v) is 12.8. The van der Waals surface area contributed by atoms with Crippen LogP contribution >= 0.6 is 11.3 Å². The highest BCUT2D eigenvalue weighted by atomic mass is 32.1. The summed E-state index contributed by atoms with van der Waals surface area (Å²) < 4.78 is 0. The molecule has 2 aromatic rings. The molecule has 1 aliphatic rings. The summed E-state index contributed by atoms with van der Waals surface area (Å²) in [5.74, 6) is -0.351. The first-order valence-electron chi connectivity index (χ1n) is 7.03. The van der Waals surface area contributed by atoms with Crippen molar-refractivity contribution in [3.63, 3.8) is 0 Å². The van der Waals surface area contributed by atoms with E-state index in [0.717, 1.165) is 17.7 Å². The lowest BCUT2D eigenvalue weighted by atomic mass is 10.0. The fourth-order valence-corrected chi connectivity index (χ4v) is 3.32. The maximum Gasteiger partial charge on any atom is 0.160 e. The molecular formula is C17H13N3OS. The van der Waals surface area contributed by atoms with Gasteiger partial charge in [0.25, 0.3) is 0 Å². The van der Waals surface area contributed by atoms with E-state index in [4.69, 9.17) is 5.26 Å². The molecule has 5 heteroatoms. The van der Waals surface area contributed by atoms with Gasteiger partial charge in [0.15, 0.2) is 11.7 Å². The first kappa shape index (κ1) is 14.4. The van der Waals surface area contributed by atoms with E-state index >= 15 is 0 Å². The maximum atomic E-state index is 12.3. The van der Waals surface area contributed by atoms with E-state index in [1.54, 1.807) is 12.1 Å². The number of aromatic nitrogens is 1. The van der Waals surface area contributed by atoms with Gasteiger partial charge in [-0.25, -0.2) is 4.98 Å². The molecule has 0 aliphatic heterocycles. The Labute approximate surface area is 132 Å². The lowest BCUT2D eigenvalue weighted by molar-refractivity contribution is -0.120. The van der Waals surface area contributed by atoms with Crippen LogP contribution in [0.25, 0.3) is 11.3 Å². The van der Waals surface area contributed by atoms with E-state index in [1.165, 1.54) is 11.3 Å². The van der Waals surface area contributed by atoms with Crippen LogP contribution in [0.3, 0.4) is 0 Å². The van der Waals surface area contributed by atoms with Gasteiger partial charge in [-0.2, -0.15) is 10.5 Å². The molecule has 0 bridgehead atoms. The summed E-state index contributed by atoms with van der Waals surface area (Å²) in [6, 6.07) is 11.3. The fourth-order valence-electron chi connectivity index (χ4n) is 2.44. The van der Waals surface area contributed by atoms with Crippen LogP contribution in [0.5, 0.6) is 0 Å². The number of nitrogens with zero attached hydrogens (tertiary/aromatic N) is 3. The van der Waals surface area contributed by atoms with E-state index in [-0.39, 0.29) is 11.7 Å². The first-order valence-corrected chi connectivity index (χ1v) is 7.91. The van der Waals surface area contributed by atoms with Crippen LogP contribution in [0.4, 0.5) is 0 Å². The number of Topliss-reactive ketones (excluding diaryl/α,β-unsaturated/α-hetero) is 1. The summed E-state index contributed by atoms with van der Waals surface area (Å²) in [5, 5.41) is 20.5. The molecular weight excluding hydrogens is 294 g/mol. The van der Waals surface area contributed by atoms with Crippen molar-refractivity contribution in [3.8, 4) is 23.4 Å². The van der Waals surface area contributed by atoms with Gasteiger partial charge >= 0.3 is 0 Å². The van der Waals surface area contributed by atoms with Crippen molar-refractivity contribution < 1.29 is 4.79 Å². The van der Waals surface area contributed by atoms with Crippen molar-refractivity contribution in [2.75, 3.05) is 0 Å². The number of carbonyl (C=O) groups is 1. The Hall–Kier alpha value is -2.50. The molecule has 0 spiro atoms. The van der Waals surface area contributed by atoms with Crippen molar-refractivity contribution in [2.45, 2.75) is 19.3 Å². The maximum absolute atomic E-state index is 12.3. The lowest BCUT2D eigenvalue weighted by Crippen LogP contribution is -2.13. The molecule has 1 saturated carbocycles. The summed E-state index contributed by atoms with van der Waals surface area (Å²) in [4.78, 5) is 16.7. The average molecular weight is 307 g/mol. The highest BCUT2D eigenvalue weighted by Crippen LogP contribution is 2.42. The van der Waals surface area contributed by atoms with Gasteiger partial charge in [0.05, 0.1) is 23.4 Å². The van der Waals surface area contributed by atoms with Gasteiger partial charge in [-0.05, 0) is 24.5 Å². The molecule has 1 heterocycles. The molecule has 4 nitrogen and oxygen atoms in total. The molecule has 108 valence electrons. The third-order valence-electron chi connectivity index (χ3n) is 3.97. The predicted molar refractivity (Wildman–Crippen MR) is 82.9 cm³/mol. The minimum Gasteiger partial charge on any atom is -0.297 e. The second kappa shape index (κ2) is 5.71. The summed E-state index contributed by atoms with van der Waals surface area (Å²) >= 11 is 1.34. The van der Waals surface area contributed by atoms with Crippen molar-refractivity contribution in [3.05, 3.63) is 40.2 Å². The number of hydrogen-bond acceptors (Lipinski definition) is 5. The number of nitriles is 2. The van der Waals surface area contributed by atoms with Gasteiger partial charge < -0.3 is 0 Å². The van der Waals surface area contributed by atoms with Gasteiger partial charge in [-0.3, -0.25) is 4.79 Å². The number of benzene rings is 1. The molecule has 1 fully saturated rings. The molecule has 3 atom stereocenters. The van der Waals surface area contributed by atoms with E-state index in [1.807, 2.05) is 24.4 Å². The average Bonchev–Trinajstić information content (AvgIpc) is 3.08. The molecule has 0 radical (unpaired) electrons. The minimum atomic E-state index is -0.757. The lowest BCUT2D eigenvalue weighted by Gasteiger charge is -2.03. The van der Waals surface area contributed by atoms with Crippen LogP contribution in [-0.4, -0.2) is 10.8 Å². The van der Waals surface area contributed by atoms with E-state index < -0.39 is 5.92 Å². The normalized spacial score (nSPS) is 20.7. The van der Waals surface area contributed by atoms with Crippen LogP contribution in [-0.2, 0) is 4.79 Å². The van der Waals surface area contributed by atoms with Crippen LogP contribution < -0.4 is 0 Å². The number of rotatable bonds is 4. The SMILES string of the molecule is C[C@@H]1C[C@H]1C(=O)[C@@H](C#N)c1nc(-c2ccc(C#N)cc2)cs1. The number of carbonyl (C=O) groups excluding carboxylic acids is 1. The summed E-state index contributed by atoms with van der Waals surface area (Å²) in [6.07, 6.45) is 0.880. The monoisotopic (exact) mass is 307 g/mol. The molecule has 0 amide bonds. The van der Waals surface area contributed by atoms with E-state index in [9.17, 15) is 10.1 Å². The zero-order chi connectivity index (χ0) is 15.7. The van der Waals surface area contributed by atoms with Crippen LogP contribution in [0.1, 0.15) is 29.8 Å². The van der Waals surface area contributed by atoms with Gasteiger partial charge in [0.2, 0.25) is 0 Å². The van der Waals surface area contributed by atoms with Gasteiger partial charge in [0.1, 0.15) is 5.01 Å². The highest BCUT2D eigenvalue weighted by Gasteiger charge is 2.43. The summed E-state index contributed by atoms with van der Waals surface area (Å²) in [6.45, 7) is 2.03. The molecule has 3 rings (SSSR count). The first-order chi connectivity index (χ1) is 10.6. The Kier molecular flexibility index (Phi) is 3.75. The third-order valence-corrected chi connectivity index (χ3v) is 4.88. The molecule has 0 N–H and O–H groups in total. The Morgan fingerprint density at radius 1 is 1.36 bits per heavy atom. The van der Waals surface area contributed by atoms with Crippen molar-refractivity contribution in [1.82, 2.24) is 4.98 Å². The van der Waals surface area contributed by atoms with Gasteiger partial charge in [-0.15, -0.1) is 11.3 Å². The molecule has 1 aromatic heterocycles. The van der Waals surface area contributed by atoms with Crippen LogP contribution in [0, 0.1) is 34.5 Å². The van der Waals surface area contributed by atoms with Gasteiger partial charge in [0, 0.05) is 16.9 Å². The van der Waals surface area contributed by atoms with Gasteiger partial charge in [-0.1, -0.05) is 19.1 Å². The fraction of sp³-hybridized carbons (Fsp3) is 0.294. The Morgan fingerprint density at radius 2 is 2.05 bits per heavy atom. The molecule has 0 unspecified atom stereocenters. The summed E-state index contributed by atoms with van der Waals surface area (Å²) in [5.41, 5.74) is 2.21. The number of ketones is 1. The largest absolute Gasteiger partial charge is 0.297 e. The standard InChI is InChI=1S/C17H13N3OS/c1-10-6-13(10)16(21)14(8-19)17-20-15(9-22-17)12-4-2-11(7-18)3-5-12/h2-5,9-10,13-14H,6H2,1H3/t10-,13-,14-/m1/s1. The molecule has 0 saturated heterocycles. The topological polar surface area (TPSA) is 77.5 Å². The zero-order valence-electron chi connectivity index (χ0n) is 12.0. The van der Waals surface area contributed by atoms with Crippen molar-refractivity contribution >= 4 is 17.1 Å². The second-order valence-corrected chi connectivity index (χ2v) is 6.43. The minimum absolute atomic E-state index is 0.00396. The Morgan fingerprint density at radius 3 is 2.59 bits per heavy atom. The molecule has 1 aliphatic carbocycles. The smallest absolute Gasteiger partial charge is 0.160 e. The van der Waals surface area contributed by atoms with Crippen LogP contribution in [0.15, 0.2) is 29.6 Å². The van der Waals surface area contributed by atoms with Crippen molar-refractivity contribution in [2.24, 2.45) is 11.8 Å². The van der Waals surface area contributed by atoms with E-state index in [2.05, 4.69) is 17.1 Å². The van der Waals surface area contributed by atoms with Crippen molar-refractivity contribution in [1.29, 1.82) is 10.5 Å². The third kappa shape index (κ3) is 2.64. The quantitative estimate of drug-likeness (QED) is 0.866. The number of thiazole rings is 1. The van der Waals surface area contributed by atoms with E-state index in [0.29, 0.717) is 16.5 Å². The highest BCUT2D eigenvalue weighted by molar-refractivity contribution is 7.10. The number of hydrogen-bond donors (Lipinski definition) is 0. The molecule has 1 aromatic carbocycles.